The third-order valence-corrected chi connectivity index (χ3v) is 4.64. The first-order valence-electron chi connectivity index (χ1n) is 9.21. The van der Waals surface area contributed by atoms with E-state index >= 15 is 0 Å². The highest BCUT2D eigenvalue weighted by atomic mass is 32.2. The van der Waals surface area contributed by atoms with Crippen molar-refractivity contribution in [3.05, 3.63) is 0 Å². The van der Waals surface area contributed by atoms with Gasteiger partial charge in [-0.1, -0.05) is 0 Å². The van der Waals surface area contributed by atoms with Gasteiger partial charge in [0.25, 0.3) is 0 Å². The molecule has 0 aliphatic heterocycles. The van der Waals surface area contributed by atoms with Crippen LogP contribution in [0.4, 0.5) is 4.79 Å². The minimum Gasteiger partial charge on any atom is -0.453 e. The highest BCUT2D eigenvalue weighted by molar-refractivity contribution is 7.99. The lowest BCUT2D eigenvalue weighted by Gasteiger charge is -2.21. The van der Waals surface area contributed by atoms with Gasteiger partial charge in [0.1, 0.15) is 12.1 Å². The predicted molar refractivity (Wildman–Crippen MR) is 111 cm³/mol. The van der Waals surface area contributed by atoms with E-state index in [0.717, 1.165) is 13.0 Å². The number of hydrogen-bond acceptors (Lipinski definition) is 8. The molecule has 0 saturated carbocycles. The van der Waals surface area contributed by atoms with Crippen LogP contribution >= 0.6 is 11.8 Å². The molecule has 0 radical (unpaired) electrons. The summed E-state index contributed by atoms with van der Waals surface area (Å²) in [4.78, 5) is 49.0. The zero-order valence-corrected chi connectivity index (χ0v) is 18.3. The van der Waals surface area contributed by atoms with Gasteiger partial charge in [-0.2, -0.15) is 11.8 Å². The molecule has 0 spiro atoms. The molecule has 0 rings (SSSR count). The average molecular weight is 436 g/mol. The van der Waals surface area contributed by atoms with Crippen LogP contribution in [0.15, 0.2) is 0 Å². The normalized spacial score (nSPS) is 12.6. The largest absolute Gasteiger partial charge is 0.453 e. The minimum absolute atomic E-state index is 0.233. The first kappa shape index (κ1) is 27.0. The number of aliphatic hydroxyl groups excluding tert-OH is 1. The number of thioether (sulfide) groups is 1. The van der Waals surface area contributed by atoms with Crippen LogP contribution in [0.2, 0.25) is 0 Å². The lowest BCUT2D eigenvalue weighted by Crippen LogP contribution is -2.55. The second-order valence-corrected chi connectivity index (χ2v) is 7.59. The molecule has 29 heavy (non-hydrogen) atoms. The molecule has 0 saturated heterocycles. The van der Waals surface area contributed by atoms with Crippen molar-refractivity contribution in [1.29, 1.82) is 0 Å². The van der Waals surface area contributed by atoms with Crippen LogP contribution in [-0.4, -0.2) is 105 Å². The van der Waals surface area contributed by atoms with Crippen molar-refractivity contribution in [2.45, 2.75) is 25.4 Å². The molecule has 0 fully saturated rings. The average Bonchev–Trinajstić information content (AvgIpc) is 2.67. The molecule has 2 atom stereocenters. The fourth-order valence-electron chi connectivity index (χ4n) is 2.12. The summed E-state index contributed by atoms with van der Waals surface area (Å²) in [5, 5.41) is 19.6. The van der Waals surface area contributed by atoms with Crippen LogP contribution < -0.4 is 21.3 Å². The van der Waals surface area contributed by atoms with Crippen molar-refractivity contribution < 1.29 is 29.0 Å². The SMILES string of the molecule is COC(=O)NCCSCC(NC(C)=O)C(=O)NC(CO)C(=O)NCCCN(C)C. The molecular weight excluding hydrogens is 402 g/mol. The summed E-state index contributed by atoms with van der Waals surface area (Å²) in [6.45, 7) is 2.27. The highest BCUT2D eigenvalue weighted by Gasteiger charge is 2.25. The van der Waals surface area contributed by atoms with Gasteiger partial charge in [0, 0.05) is 31.5 Å². The number of carbonyl (C=O) groups excluding carboxylic acids is 4. The Morgan fingerprint density at radius 3 is 2.28 bits per heavy atom. The van der Waals surface area contributed by atoms with Crippen molar-refractivity contribution in [3.8, 4) is 0 Å². The summed E-state index contributed by atoms with van der Waals surface area (Å²) in [7, 11) is 5.10. The second-order valence-electron chi connectivity index (χ2n) is 6.44. The Morgan fingerprint density at radius 2 is 1.72 bits per heavy atom. The maximum absolute atomic E-state index is 12.5. The van der Waals surface area contributed by atoms with Gasteiger partial charge in [-0.05, 0) is 27.1 Å². The zero-order chi connectivity index (χ0) is 22.2. The number of nitrogens with zero attached hydrogens (tertiary/aromatic N) is 1. The maximum Gasteiger partial charge on any atom is 0.406 e. The topological polar surface area (TPSA) is 149 Å². The third-order valence-electron chi connectivity index (χ3n) is 3.58. The Bertz CT molecular complexity index is 534. The van der Waals surface area contributed by atoms with E-state index in [0.29, 0.717) is 18.8 Å². The van der Waals surface area contributed by atoms with Crippen LogP contribution in [0.3, 0.4) is 0 Å². The molecule has 168 valence electrons. The van der Waals surface area contributed by atoms with E-state index in [1.54, 1.807) is 0 Å². The van der Waals surface area contributed by atoms with Crippen LogP contribution in [0, 0.1) is 0 Å². The molecule has 0 heterocycles. The van der Waals surface area contributed by atoms with Gasteiger partial charge in [0.15, 0.2) is 0 Å². The summed E-state index contributed by atoms with van der Waals surface area (Å²) < 4.78 is 4.45. The number of carbonyl (C=O) groups is 4. The van der Waals surface area contributed by atoms with Crippen LogP contribution in [-0.2, 0) is 19.1 Å². The summed E-state index contributed by atoms with van der Waals surface area (Å²) in [6.07, 6.45) is 0.180. The summed E-state index contributed by atoms with van der Waals surface area (Å²) >= 11 is 1.33. The molecule has 5 N–H and O–H groups in total. The lowest BCUT2D eigenvalue weighted by molar-refractivity contribution is -0.132. The van der Waals surface area contributed by atoms with Gasteiger partial charge in [0.2, 0.25) is 17.7 Å². The number of rotatable bonds is 14. The number of methoxy groups -OCH3 is 1. The van der Waals surface area contributed by atoms with Crippen LogP contribution in [0.25, 0.3) is 0 Å². The summed E-state index contributed by atoms with van der Waals surface area (Å²) in [6, 6.07) is -1.99. The molecular formula is C17H33N5O6S. The summed E-state index contributed by atoms with van der Waals surface area (Å²) in [5.74, 6) is -0.732. The number of amides is 4. The molecule has 12 heteroatoms. The monoisotopic (exact) mass is 435 g/mol. The van der Waals surface area contributed by atoms with E-state index in [1.807, 2.05) is 19.0 Å². The Hall–Kier alpha value is -2.05. The number of alkyl carbamates (subject to hydrolysis) is 1. The van der Waals surface area contributed by atoms with E-state index in [9.17, 15) is 24.3 Å². The highest BCUT2D eigenvalue weighted by Crippen LogP contribution is 2.03. The molecule has 0 aliphatic rings. The third kappa shape index (κ3) is 13.7. The number of hydrogen-bond donors (Lipinski definition) is 5. The van der Waals surface area contributed by atoms with E-state index in [-0.39, 0.29) is 5.75 Å². The lowest BCUT2D eigenvalue weighted by atomic mass is 10.2. The van der Waals surface area contributed by atoms with E-state index < -0.39 is 42.5 Å². The zero-order valence-electron chi connectivity index (χ0n) is 17.4. The van der Waals surface area contributed by atoms with Gasteiger partial charge in [-0.15, -0.1) is 0 Å². The Morgan fingerprint density at radius 1 is 1.03 bits per heavy atom. The molecule has 0 aromatic heterocycles. The first-order valence-corrected chi connectivity index (χ1v) is 10.4. The molecule has 4 amide bonds. The van der Waals surface area contributed by atoms with Gasteiger partial charge >= 0.3 is 6.09 Å². The van der Waals surface area contributed by atoms with Crippen molar-refractivity contribution in [2.75, 3.05) is 59.0 Å². The fourth-order valence-corrected chi connectivity index (χ4v) is 3.01. The molecule has 0 bridgehead atoms. The van der Waals surface area contributed by atoms with Gasteiger partial charge in [-0.3, -0.25) is 14.4 Å². The van der Waals surface area contributed by atoms with Crippen molar-refractivity contribution in [2.24, 2.45) is 0 Å². The number of nitrogens with one attached hydrogen (secondary N) is 4. The van der Waals surface area contributed by atoms with E-state index in [1.165, 1.54) is 25.8 Å². The van der Waals surface area contributed by atoms with Gasteiger partial charge in [-0.25, -0.2) is 4.79 Å². The van der Waals surface area contributed by atoms with Crippen LogP contribution in [0.5, 0.6) is 0 Å². The quantitative estimate of drug-likeness (QED) is 0.199. The van der Waals surface area contributed by atoms with Gasteiger partial charge < -0.3 is 36.0 Å². The Balaban J connectivity index is 4.53. The fraction of sp³-hybridized carbons (Fsp3) is 0.765. The number of ether oxygens (including phenoxy) is 1. The predicted octanol–water partition coefficient (Wildman–Crippen LogP) is -1.87. The molecule has 0 aromatic rings. The smallest absolute Gasteiger partial charge is 0.406 e. The summed E-state index contributed by atoms with van der Waals surface area (Å²) in [5.41, 5.74) is 0. The van der Waals surface area contributed by atoms with E-state index in [4.69, 9.17) is 0 Å². The Kier molecular flexibility index (Phi) is 14.7. The maximum atomic E-state index is 12.5. The molecule has 0 aromatic carbocycles. The van der Waals surface area contributed by atoms with Gasteiger partial charge in [0.05, 0.1) is 13.7 Å². The molecule has 2 unspecified atom stereocenters. The molecule has 0 aliphatic carbocycles. The van der Waals surface area contributed by atoms with Crippen LogP contribution in [0.1, 0.15) is 13.3 Å². The minimum atomic E-state index is -1.11. The number of aliphatic hydroxyl groups is 1. The standard InChI is InChI=1S/C17H33N5O6S/c1-12(24)20-14(11-29-9-7-19-17(27)28-4)16(26)21-13(10-23)15(25)18-6-5-8-22(2)3/h13-14,23H,5-11H2,1-4H3,(H,18,25)(H,19,27)(H,20,24)(H,21,26). The van der Waals surface area contributed by atoms with Crippen molar-refractivity contribution in [1.82, 2.24) is 26.2 Å². The Labute approximate surface area is 175 Å². The second kappa shape index (κ2) is 15.8. The van der Waals surface area contributed by atoms with Crippen molar-refractivity contribution in [3.63, 3.8) is 0 Å². The van der Waals surface area contributed by atoms with Crippen molar-refractivity contribution >= 4 is 35.6 Å². The van der Waals surface area contributed by atoms with E-state index in [2.05, 4.69) is 26.0 Å². The molecule has 11 nitrogen and oxygen atoms in total. The first-order chi connectivity index (χ1) is 13.7.